The van der Waals surface area contributed by atoms with Gasteiger partial charge in [-0.25, -0.2) is 4.98 Å². The molecule has 1 spiro atoms. The predicted molar refractivity (Wildman–Crippen MR) is 140 cm³/mol. The van der Waals surface area contributed by atoms with Crippen LogP contribution in [-0.4, -0.2) is 58.4 Å². The molecule has 3 aromatic rings. The van der Waals surface area contributed by atoms with Crippen molar-refractivity contribution in [2.75, 3.05) is 44.4 Å². The van der Waals surface area contributed by atoms with Gasteiger partial charge in [0, 0.05) is 37.9 Å². The molecule has 0 bridgehead atoms. The van der Waals surface area contributed by atoms with Crippen molar-refractivity contribution in [3.8, 4) is 5.75 Å². The summed E-state index contributed by atoms with van der Waals surface area (Å²) in [6.45, 7) is 7.51. The van der Waals surface area contributed by atoms with E-state index in [1.54, 1.807) is 7.11 Å². The summed E-state index contributed by atoms with van der Waals surface area (Å²) in [5.41, 5.74) is 10.3. The first-order chi connectivity index (χ1) is 17.1. The van der Waals surface area contributed by atoms with Crippen LogP contribution in [0.15, 0.2) is 30.5 Å². The summed E-state index contributed by atoms with van der Waals surface area (Å²) in [5, 5.41) is 3.48. The van der Waals surface area contributed by atoms with E-state index in [9.17, 15) is 0 Å². The van der Waals surface area contributed by atoms with Crippen molar-refractivity contribution in [3.63, 3.8) is 0 Å². The van der Waals surface area contributed by atoms with E-state index in [1.807, 2.05) is 6.07 Å². The zero-order valence-corrected chi connectivity index (χ0v) is 21.1. The molecule has 8 nitrogen and oxygen atoms in total. The van der Waals surface area contributed by atoms with Crippen molar-refractivity contribution >= 4 is 22.8 Å². The van der Waals surface area contributed by atoms with Gasteiger partial charge in [-0.1, -0.05) is 31.9 Å². The van der Waals surface area contributed by atoms with Crippen LogP contribution in [0.5, 0.6) is 5.75 Å². The van der Waals surface area contributed by atoms with E-state index >= 15 is 0 Å². The second-order valence-electron chi connectivity index (χ2n) is 9.98. The molecular weight excluding hydrogens is 440 g/mol. The van der Waals surface area contributed by atoms with Crippen molar-refractivity contribution in [2.24, 2.45) is 0 Å². The fraction of sp³-hybridized carbons (Fsp3) is 0.556. The minimum Gasteiger partial charge on any atom is -0.496 e. The molecule has 3 N–H and O–H groups in total. The number of ether oxygens (including phenoxy) is 2. The van der Waals surface area contributed by atoms with Crippen LogP contribution in [0.25, 0.3) is 11.0 Å². The zero-order valence-electron chi connectivity index (χ0n) is 21.1. The number of nitrogens with one attached hydrogen (secondary N) is 1. The lowest BCUT2D eigenvalue weighted by atomic mass is 9.79. The van der Waals surface area contributed by atoms with Gasteiger partial charge in [0.05, 0.1) is 31.4 Å². The minimum atomic E-state index is 0.117. The van der Waals surface area contributed by atoms with Crippen LogP contribution in [-0.2, 0) is 17.8 Å². The predicted octanol–water partition coefficient (Wildman–Crippen LogP) is 4.43. The van der Waals surface area contributed by atoms with Crippen LogP contribution in [0, 0.1) is 0 Å². The van der Waals surface area contributed by atoms with Gasteiger partial charge in [-0.2, -0.15) is 4.98 Å². The summed E-state index contributed by atoms with van der Waals surface area (Å²) in [5.74, 6) is 1.99. The highest BCUT2D eigenvalue weighted by Crippen LogP contribution is 2.38. The maximum absolute atomic E-state index is 6.09. The van der Waals surface area contributed by atoms with Crippen molar-refractivity contribution in [1.82, 2.24) is 19.4 Å². The molecule has 1 saturated heterocycles. The molecule has 3 heterocycles. The number of anilines is 2. The number of hydrogen-bond acceptors (Lipinski definition) is 7. The van der Waals surface area contributed by atoms with Crippen LogP contribution in [0.1, 0.15) is 56.6 Å². The maximum Gasteiger partial charge on any atom is 0.222 e. The number of nitrogen functional groups attached to an aromatic ring is 1. The van der Waals surface area contributed by atoms with E-state index in [-0.39, 0.29) is 5.60 Å². The first kappa shape index (κ1) is 23.9. The number of nitrogens with zero attached hydrogens (tertiary/aromatic N) is 4. The largest absolute Gasteiger partial charge is 0.496 e. The molecule has 35 heavy (non-hydrogen) atoms. The third-order valence-corrected chi connectivity index (χ3v) is 7.39. The minimum absolute atomic E-state index is 0.117. The SMILES string of the molecule is CCCCCNc1nc(N)nc2ccn(Cc3ccc(CN4CCOC5(CCC5)C4)cc3OC)c12. The van der Waals surface area contributed by atoms with E-state index in [2.05, 4.69) is 56.1 Å². The van der Waals surface area contributed by atoms with Gasteiger partial charge in [0.15, 0.2) is 5.82 Å². The fourth-order valence-corrected chi connectivity index (χ4v) is 5.35. The molecule has 1 aromatic carbocycles. The smallest absolute Gasteiger partial charge is 0.222 e. The monoisotopic (exact) mass is 478 g/mol. The van der Waals surface area contributed by atoms with Gasteiger partial charge in [0.25, 0.3) is 0 Å². The second-order valence-corrected chi connectivity index (χ2v) is 9.98. The van der Waals surface area contributed by atoms with E-state index < -0.39 is 0 Å². The molecule has 1 aliphatic heterocycles. The average Bonchev–Trinajstić information content (AvgIpc) is 3.24. The van der Waals surface area contributed by atoms with Crippen LogP contribution in [0.4, 0.5) is 11.8 Å². The summed E-state index contributed by atoms with van der Waals surface area (Å²) >= 11 is 0. The van der Waals surface area contributed by atoms with Gasteiger partial charge < -0.3 is 25.1 Å². The topological polar surface area (TPSA) is 90.5 Å². The number of rotatable bonds is 10. The molecular formula is C27H38N6O2. The van der Waals surface area contributed by atoms with Gasteiger partial charge in [0.2, 0.25) is 5.95 Å². The van der Waals surface area contributed by atoms with Crippen LogP contribution in [0.3, 0.4) is 0 Å². The molecule has 2 fully saturated rings. The Morgan fingerprint density at radius 3 is 2.83 bits per heavy atom. The summed E-state index contributed by atoms with van der Waals surface area (Å²) in [6.07, 6.45) is 9.20. The lowest BCUT2D eigenvalue weighted by molar-refractivity contribution is -0.152. The Morgan fingerprint density at radius 2 is 2.06 bits per heavy atom. The zero-order chi connectivity index (χ0) is 24.3. The summed E-state index contributed by atoms with van der Waals surface area (Å²) in [6, 6.07) is 8.60. The average molecular weight is 479 g/mol. The van der Waals surface area contributed by atoms with Crippen molar-refractivity contribution < 1.29 is 9.47 Å². The Bertz CT molecular complexity index is 1160. The Kier molecular flexibility index (Phi) is 7.11. The third kappa shape index (κ3) is 5.23. The number of morpholine rings is 1. The van der Waals surface area contributed by atoms with Gasteiger partial charge in [-0.3, -0.25) is 4.90 Å². The third-order valence-electron chi connectivity index (χ3n) is 7.39. The molecule has 1 saturated carbocycles. The van der Waals surface area contributed by atoms with Crippen molar-refractivity contribution in [1.29, 1.82) is 0 Å². The molecule has 0 amide bonds. The number of aromatic nitrogens is 3. The van der Waals surface area contributed by atoms with E-state index in [0.717, 1.165) is 67.4 Å². The van der Waals surface area contributed by atoms with Crippen molar-refractivity contribution in [3.05, 3.63) is 41.6 Å². The van der Waals surface area contributed by atoms with E-state index in [0.29, 0.717) is 12.5 Å². The summed E-state index contributed by atoms with van der Waals surface area (Å²) in [4.78, 5) is 11.5. The molecule has 2 aromatic heterocycles. The number of hydrogen-bond donors (Lipinski definition) is 2. The Labute approximate surface area is 207 Å². The van der Waals surface area contributed by atoms with Gasteiger partial charge in [-0.15, -0.1) is 0 Å². The number of benzene rings is 1. The highest BCUT2D eigenvalue weighted by atomic mass is 16.5. The molecule has 0 atom stereocenters. The maximum atomic E-state index is 6.09. The first-order valence-corrected chi connectivity index (χ1v) is 13.0. The van der Waals surface area contributed by atoms with E-state index in [1.165, 1.54) is 37.7 Å². The number of methoxy groups -OCH3 is 1. The molecule has 8 heteroatoms. The van der Waals surface area contributed by atoms with Crippen LogP contribution >= 0.6 is 0 Å². The van der Waals surface area contributed by atoms with Gasteiger partial charge >= 0.3 is 0 Å². The lowest BCUT2D eigenvalue weighted by Gasteiger charge is -2.48. The van der Waals surface area contributed by atoms with Gasteiger partial charge in [-0.05, 0) is 43.4 Å². The number of nitrogens with two attached hydrogens (primary N) is 1. The number of fused-ring (bicyclic) bond motifs is 1. The van der Waals surface area contributed by atoms with Gasteiger partial charge in [0.1, 0.15) is 11.3 Å². The summed E-state index contributed by atoms with van der Waals surface area (Å²) in [7, 11) is 1.75. The quantitative estimate of drug-likeness (QED) is 0.417. The van der Waals surface area contributed by atoms with E-state index in [4.69, 9.17) is 15.2 Å². The molecule has 5 rings (SSSR count). The lowest BCUT2D eigenvalue weighted by Crippen LogP contribution is -2.55. The molecule has 0 radical (unpaired) electrons. The molecule has 1 aliphatic carbocycles. The Morgan fingerprint density at radius 1 is 1.17 bits per heavy atom. The second kappa shape index (κ2) is 10.4. The summed E-state index contributed by atoms with van der Waals surface area (Å²) < 4.78 is 14.1. The first-order valence-electron chi connectivity index (χ1n) is 13.0. The van der Waals surface area contributed by atoms with Crippen molar-refractivity contribution in [2.45, 2.75) is 64.1 Å². The number of unbranched alkanes of at least 4 members (excludes halogenated alkanes) is 2. The highest BCUT2D eigenvalue weighted by molar-refractivity contribution is 5.87. The highest BCUT2D eigenvalue weighted by Gasteiger charge is 2.41. The molecule has 2 aliphatic rings. The standard InChI is InChI=1S/C27H38N6O2/c1-3-4-5-12-29-25-24-22(30-26(28)31-25)9-13-33(24)18-21-8-7-20(16-23(21)34-2)17-32-14-15-35-27(19-32)10-6-11-27/h7-9,13,16H,3-6,10-12,14-15,17-19H2,1-2H3,(H3,28,29,30,31). The molecule has 0 unspecified atom stereocenters. The normalized spacial score (nSPS) is 17.5. The molecule has 188 valence electrons. The Hall–Kier alpha value is -2.84. The Balaban J connectivity index is 1.33. The van der Waals surface area contributed by atoms with Crippen LogP contribution in [0.2, 0.25) is 0 Å². The fourth-order valence-electron chi connectivity index (χ4n) is 5.35. The van der Waals surface area contributed by atoms with Crippen LogP contribution < -0.4 is 15.8 Å².